The molecule has 1 aromatic rings. The Morgan fingerprint density at radius 2 is 1.79 bits per heavy atom. The van der Waals surface area contributed by atoms with Gasteiger partial charge in [-0.2, -0.15) is 0 Å². The highest BCUT2D eigenvalue weighted by atomic mass is 16.2. The molecule has 0 atom stereocenters. The van der Waals surface area contributed by atoms with Gasteiger partial charge in [0.05, 0.1) is 0 Å². The van der Waals surface area contributed by atoms with Gasteiger partial charge in [0.1, 0.15) is 5.54 Å². The smallest absolute Gasteiger partial charge is 0.268 e. The summed E-state index contributed by atoms with van der Waals surface area (Å²) >= 11 is 0. The molecule has 0 aliphatic heterocycles. The van der Waals surface area contributed by atoms with Crippen molar-refractivity contribution >= 4 is 11.7 Å². The first-order chi connectivity index (χ1) is 9.12. The van der Waals surface area contributed by atoms with Crippen LogP contribution in [0.1, 0.15) is 49.4 Å². The van der Waals surface area contributed by atoms with Crippen molar-refractivity contribution in [2.45, 2.75) is 44.6 Å². The minimum Gasteiger partial charge on any atom is -0.297 e. The van der Waals surface area contributed by atoms with Gasteiger partial charge in [-0.3, -0.25) is 14.6 Å². The van der Waals surface area contributed by atoms with Crippen molar-refractivity contribution in [1.82, 2.24) is 5.01 Å². The molecule has 1 aromatic carbocycles. The standard InChI is InChI=1S/C15H20N2O2/c1-2-13(18)15(10-6-7-11-15)17(16)14(19)12-8-4-3-5-9-12/h3-5,8-9H,2,6-7,10-11,16H2,1H3. The Labute approximate surface area is 113 Å². The Kier molecular flexibility index (Phi) is 4.00. The van der Waals surface area contributed by atoms with Crippen molar-refractivity contribution in [3.05, 3.63) is 35.9 Å². The number of nitrogens with zero attached hydrogens (tertiary/aromatic N) is 1. The Bertz CT molecular complexity index is 464. The van der Waals surface area contributed by atoms with E-state index < -0.39 is 5.54 Å². The third-order valence-corrected chi connectivity index (χ3v) is 3.97. The molecule has 2 rings (SSSR count). The number of ketones is 1. The maximum absolute atomic E-state index is 12.4. The van der Waals surface area contributed by atoms with Crippen LogP contribution in [-0.2, 0) is 4.79 Å². The molecule has 4 heteroatoms. The Balaban J connectivity index is 2.28. The number of Topliss-reactive ketones (excluding diaryl/α,β-unsaturated/α-hetero) is 1. The lowest BCUT2D eigenvalue weighted by Gasteiger charge is -2.36. The average Bonchev–Trinajstić information content (AvgIpc) is 2.96. The van der Waals surface area contributed by atoms with Crippen LogP contribution < -0.4 is 5.84 Å². The quantitative estimate of drug-likeness (QED) is 0.513. The summed E-state index contributed by atoms with van der Waals surface area (Å²) in [7, 11) is 0. The number of rotatable bonds is 4. The molecule has 1 fully saturated rings. The van der Waals surface area contributed by atoms with Gasteiger partial charge in [-0.15, -0.1) is 0 Å². The van der Waals surface area contributed by atoms with Crippen LogP contribution in [0.2, 0.25) is 0 Å². The van der Waals surface area contributed by atoms with E-state index in [9.17, 15) is 9.59 Å². The van der Waals surface area contributed by atoms with E-state index in [1.165, 1.54) is 5.01 Å². The molecule has 102 valence electrons. The van der Waals surface area contributed by atoms with E-state index in [4.69, 9.17) is 5.84 Å². The van der Waals surface area contributed by atoms with Crippen molar-refractivity contribution in [2.75, 3.05) is 0 Å². The number of carbonyl (C=O) groups is 2. The number of nitrogens with two attached hydrogens (primary N) is 1. The van der Waals surface area contributed by atoms with E-state index >= 15 is 0 Å². The van der Waals surface area contributed by atoms with E-state index in [0.717, 1.165) is 12.8 Å². The predicted octanol–water partition coefficient (Wildman–Crippen LogP) is 2.29. The normalized spacial score (nSPS) is 17.2. The zero-order valence-corrected chi connectivity index (χ0v) is 11.3. The first-order valence-corrected chi connectivity index (χ1v) is 6.79. The Morgan fingerprint density at radius 1 is 1.21 bits per heavy atom. The zero-order valence-electron chi connectivity index (χ0n) is 11.3. The predicted molar refractivity (Wildman–Crippen MR) is 73.3 cm³/mol. The molecule has 0 aromatic heterocycles. The lowest BCUT2D eigenvalue weighted by Crippen LogP contribution is -2.58. The first kappa shape index (κ1) is 13.7. The van der Waals surface area contributed by atoms with Gasteiger partial charge in [0.15, 0.2) is 5.78 Å². The molecule has 0 heterocycles. The van der Waals surface area contributed by atoms with Crippen molar-refractivity contribution in [2.24, 2.45) is 5.84 Å². The Hall–Kier alpha value is -1.68. The minimum atomic E-state index is -0.790. The number of carbonyl (C=O) groups excluding carboxylic acids is 2. The van der Waals surface area contributed by atoms with Crippen molar-refractivity contribution in [3.63, 3.8) is 0 Å². The van der Waals surface area contributed by atoms with E-state index in [1.807, 2.05) is 13.0 Å². The van der Waals surface area contributed by atoms with Crippen LogP contribution in [0, 0.1) is 0 Å². The van der Waals surface area contributed by atoms with Crippen LogP contribution in [-0.4, -0.2) is 22.2 Å². The highest BCUT2D eigenvalue weighted by molar-refractivity contribution is 5.99. The highest BCUT2D eigenvalue weighted by Crippen LogP contribution is 2.36. The van der Waals surface area contributed by atoms with Gasteiger partial charge in [0.2, 0.25) is 0 Å². The van der Waals surface area contributed by atoms with Crippen LogP contribution in [0.25, 0.3) is 0 Å². The summed E-state index contributed by atoms with van der Waals surface area (Å²) in [6.07, 6.45) is 3.66. The second kappa shape index (κ2) is 5.53. The molecule has 2 N–H and O–H groups in total. The van der Waals surface area contributed by atoms with E-state index in [2.05, 4.69) is 0 Å². The van der Waals surface area contributed by atoms with Gasteiger partial charge in [-0.1, -0.05) is 38.0 Å². The zero-order chi connectivity index (χ0) is 13.9. The number of hydrogen-bond donors (Lipinski definition) is 1. The maximum Gasteiger partial charge on any atom is 0.268 e. The molecule has 1 amide bonds. The first-order valence-electron chi connectivity index (χ1n) is 6.79. The van der Waals surface area contributed by atoms with Crippen molar-refractivity contribution in [1.29, 1.82) is 0 Å². The Morgan fingerprint density at radius 3 is 2.32 bits per heavy atom. The molecule has 0 unspecified atom stereocenters. The topological polar surface area (TPSA) is 63.4 Å². The van der Waals surface area contributed by atoms with E-state index in [-0.39, 0.29) is 11.7 Å². The number of hydrazine groups is 1. The minimum absolute atomic E-state index is 0.0665. The second-order valence-corrected chi connectivity index (χ2v) is 5.06. The molecule has 0 bridgehead atoms. The van der Waals surface area contributed by atoms with Gasteiger partial charge in [-0.25, -0.2) is 5.84 Å². The summed E-state index contributed by atoms with van der Waals surface area (Å²) in [5, 5.41) is 1.18. The van der Waals surface area contributed by atoms with Gasteiger partial charge in [0.25, 0.3) is 5.91 Å². The molecule has 0 spiro atoms. The van der Waals surface area contributed by atoms with Gasteiger partial charge < -0.3 is 0 Å². The van der Waals surface area contributed by atoms with Gasteiger partial charge in [0, 0.05) is 12.0 Å². The molecule has 19 heavy (non-hydrogen) atoms. The summed E-state index contributed by atoms with van der Waals surface area (Å²) in [5.74, 6) is 5.82. The largest absolute Gasteiger partial charge is 0.297 e. The number of hydrogen-bond acceptors (Lipinski definition) is 3. The number of amides is 1. The van der Waals surface area contributed by atoms with Gasteiger partial charge in [-0.05, 0) is 25.0 Å². The second-order valence-electron chi connectivity index (χ2n) is 5.06. The molecule has 1 aliphatic carbocycles. The average molecular weight is 260 g/mol. The van der Waals surface area contributed by atoms with Crippen molar-refractivity contribution in [3.8, 4) is 0 Å². The van der Waals surface area contributed by atoms with Crippen LogP contribution in [0.15, 0.2) is 30.3 Å². The van der Waals surface area contributed by atoms with Crippen LogP contribution in [0.3, 0.4) is 0 Å². The molecule has 1 saturated carbocycles. The van der Waals surface area contributed by atoms with Crippen LogP contribution in [0.5, 0.6) is 0 Å². The molecular weight excluding hydrogens is 240 g/mol. The van der Waals surface area contributed by atoms with Crippen LogP contribution in [0.4, 0.5) is 0 Å². The van der Waals surface area contributed by atoms with Crippen molar-refractivity contribution < 1.29 is 9.59 Å². The summed E-state index contributed by atoms with van der Waals surface area (Å²) in [6.45, 7) is 1.82. The van der Waals surface area contributed by atoms with E-state index in [0.29, 0.717) is 24.8 Å². The third-order valence-electron chi connectivity index (χ3n) is 3.97. The van der Waals surface area contributed by atoms with E-state index in [1.54, 1.807) is 24.3 Å². The van der Waals surface area contributed by atoms with Gasteiger partial charge >= 0.3 is 0 Å². The lowest BCUT2D eigenvalue weighted by molar-refractivity contribution is -0.129. The summed E-state index contributed by atoms with van der Waals surface area (Å²) < 4.78 is 0. The fourth-order valence-corrected chi connectivity index (χ4v) is 2.86. The molecule has 0 radical (unpaired) electrons. The summed E-state index contributed by atoms with van der Waals surface area (Å²) in [6, 6.07) is 8.89. The highest BCUT2D eigenvalue weighted by Gasteiger charge is 2.46. The SMILES string of the molecule is CCC(=O)C1(N(N)C(=O)c2ccccc2)CCCC1. The molecule has 1 aliphatic rings. The fourth-order valence-electron chi connectivity index (χ4n) is 2.86. The number of benzene rings is 1. The van der Waals surface area contributed by atoms with Crippen LogP contribution >= 0.6 is 0 Å². The molecule has 4 nitrogen and oxygen atoms in total. The molecule has 0 saturated heterocycles. The third kappa shape index (κ3) is 2.40. The summed E-state index contributed by atoms with van der Waals surface area (Å²) in [5.41, 5.74) is -0.262. The summed E-state index contributed by atoms with van der Waals surface area (Å²) in [4.78, 5) is 24.6. The molecular formula is C15H20N2O2. The monoisotopic (exact) mass is 260 g/mol. The maximum atomic E-state index is 12.4. The fraction of sp³-hybridized carbons (Fsp3) is 0.467. The lowest BCUT2D eigenvalue weighted by atomic mass is 9.89.